The molecule has 1 aliphatic rings. The predicted octanol–water partition coefficient (Wildman–Crippen LogP) is 5.80. The van der Waals surface area contributed by atoms with Crippen LogP contribution in [0, 0.1) is 35.2 Å². The van der Waals surface area contributed by atoms with Gasteiger partial charge < -0.3 is 0 Å². The second-order valence-corrected chi connectivity index (χ2v) is 6.67. The lowest BCUT2D eigenvalue weighted by Crippen LogP contribution is -2.16. The fraction of sp³-hybridized carbons (Fsp3) is 0.364. The van der Waals surface area contributed by atoms with Crippen molar-refractivity contribution in [3.8, 4) is 11.8 Å². The van der Waals surface area contributed by atoms with Crippen molar-refractivity contribution in [3.05, 3.63) is 70.0 Å². The molecule has 0 amide bonds. The SMILES string of the molecule is CCCCC1CCc2c(ccc(C#Cc3cccc(F)c3F)c2F)C1. The molecule has 3 heteroatoms. The summed E-state index contributed by atoms with van der Waals surface area (Å²) < 4.78 is 41.6. The van der Waals surface area contributed by atoms with Crippen molar-refractivity contribution in [3.63, 3.8) is 0 Å². The standard InChI is InChI=1S/C22H21F3/c1-2-3-5-15-8-13-19-18(14-15)12-11-17(21(19)24)10-9-16-6-4-7-20(23)22(16)25/h4,6-7,11-12,15H,2-3,5,8,13-14H2,1H3. The number of rotatable bonds is 3. The van der Waals surface area contributed by atoms with Gasteiger partial charge in [0.25, 0.3) is 0 Å². The highest BCUT2D eigenvalue weighted by molar-refractivity contribution is 5.48. The van der Waals surface area contributed by atoms with E-state index in [2.05, 4.69) is 18.8 Å². The first-order valence-electron chi connectivity index (χ1n) is 8.86. The Morgan fingerprint density at radius 3 is 2.52 bits per heavy atom. The Kier molecular flexibility index (Phi) is 5.48. The Morgan fingerprint density at radius 1 is 1.00 bits per heavy atom. The molecule has 0 heterocycles. The molecule has 2 aromatic rings. The molecule has 1 unspecified atom stereocenters. The first kappa shape index (κ1) is 17.6. The van der Waals surface area contributed by atoms with Crippen LogP contribution in [0.15, 0.2) is 30.3 Å². The quantitative estimate of drug-likeness (QED) is 0.619. The van der Waals surface area contributed by atoms with Crippen LogP contribution in [0.1, 0.15) is 54.9 Å². The van der Waals surface area contributed by atoms with Crippen LogP contribution < -0.4 is 0 Å². The van der Waals surface area contributed by atoms with Crippen LogP contribution in [-0.2, 0) is 12.8 Å². The predicted molar refractivity (Wildman–Crippen MR) is 93.8 cm³/mol. The molecule has 0 nitrogen and oxygen atoms in total. The molecule has 0 spiro atoms. The van der Waals surface area contributed by atoms with Crippen LogP contribution in [0.2, 0.25) is 0 Å². The van der Waals surface area contributed by atoms with Gasteiger partial charge in [-0.15, -0.1) is 0 Å². The van der Waals surface area contributed by atoms with Crippen LogP contribution >= 0.6 is 0 Å². The third-order valence-electron chi connectivity index (χ3n) is 4.90. The highest BCUT2D eigenvalue weighted by atomic mass is 19.2. The zero-order valence-corrected chi connectivity index (χ0v) is 14.3. The molecule has 3 rings (SSSR count). The third kappa shape index (κ3) is 3.90. The van der Waals surface area contributed by atoms with Crippen molar-refractivity contribution in [1.82, 2.24) is 0 Å². The number of hydrogen-bond acceptors (Lipinski definition) is 0. The van der Waals surface area contributed by atoms with E-state index in [1.807, 2.05) is 6.07 Å². The van der Waals surface area contributed by atoms with E-state index in [4.69, 9.17) is 0 Å². The number of unbranched alkanes of at least 4 members (excludes halogenated alkanes) is 1. The Hall–Kier alpha value is -2.21. The maximum absolute atomic E-state index is 14.7. The van der Waals surface area contributed by atoms with Crippen molar-refractivity contribution >= 4 is 0 Å². The van der Waals surface area contributed by atoms with E-state index in [-0.39, 0.29) is 16.9 Å². The van der Waals surface area contributed by atoms with Gasteiger partial charge >= 0.3 is 0 Å². The molecule has 0 fully saturated rings. The largest absolute Gasteiger partial charge is 0.205 e. The maximum atomic E-state index is 14.7. The highest BCUT2D eigenvalue weighted by Crippen LogP contribution is 2.31. The fourth-order valence-corrected chi connectivity index (χ4v) is 3.46. The molecule has 0 radical (unpaired) electrons. The summed E-state index contributed by atoms with van der Waals surface area (Å²) in [6, 6.07) is 7.40. The van der Waals surface area contributed by atoms with Crippen LogP contribution in [0.25, 0.3) is 0 Å². The van der Waals surface area contributed by atoms with E-state index in [1.165, 1.54) is 31.4 Å². The van der Waals surface area contributed by atoms with Crippen LogP contribution in [0.4, 0.5) is 13.2 Å². The zero-order chi connectivity index (χ0) is 17.8. The van der Waals surface area contributed by atoms with E-state index in [9.17, 15) is 13.2 Å². The third-order valence-corrected chi connectivity index (χ3v) is 4.90. The van der Waals surface area contributed by atoms with Gasteiger partial charge in [-0.05, 0) is 54.5 Å². The molecule has 1 aliphatic carbocycles. The average Bonchev–Trinajstić information content (AvgIpc) is 2.62. The zero-order valence-electron chi connectivity index (χ0n) is 14.3. The summed E-state index contributed by atoms with van der Waals surface area (Å²) in [6.45, 7) is 2.18. The summed E-state index contributed by atoms with van der Waals surface area (Å²) in [5, 5.41) is 0. The number of hydrogen-bond donors (Lipinski definition) is 0. The molecular formula is C22H21F3. The Morgan fingerprint density at radius 2 is 1.76 bits per heavy atom. The number of halogens is 3. The lowest BCUT2D eigenvalue weighted by molar-refractivity contribution is 0.405. The van der Waals surface area contributed by atoms with Gasteiger partial charge in [0.05, 0.1) is 11.1 Å². The smallest absolute Gasteiger partial charge is 0.174 e. The average molecular weight is 342 g/mol. The topological polar surface area (TPSA) is 0 Å². The summed E-state index contributed by atoms with van der Waals surface area (Å²) in [5.41, 5.74) is 1.98. The Labute approximate surface area is 147 Å². The second kappa shape index (κ2) is 7.78. The van der Waals surface area contributed by atoms with Gasteiger partial charge in [-0.2, -0.15) is 0 Å². The van der Waals surface area contributed by atoms with E-state index >= 15 is 0 Å². The van der Waals surface area contributed by atoms with Crippen LogP contribution in [0.3, 0.4) is 0 Å². The molecule has 25 heavy (non-hydrogen) atoms. The molecule has 0 aliphatic heterocycles. The molecular weight excluding hydrogens is 321 g/mol. The minimum Gasteiger partial charge on any atom is -0.205 e. The van der Waals surface area contributed by atoms with Gasteiger partial charge in [-0.1, -0.05) is 50.2 Å². The van der Waals surface area contributed by atoms with Gasteiger partial charge in [-0.25, -0.2) is 13.2 Å². The first-order valence-corrected chi connectivity index (χ1v) is 8.86. The van der Waals surface area contributed by atoms with Gasteiger partial charge in [0.2, 0.25) is 0 Å². The minimum atomic E-state index is -0.993. The summed E-state index contributed by atoms with van der Waals surface area (Å²) in [7, 11) is 0. The molecule has 0 bridgehead atoms. The van der Waals surface area contributed by atoms with Crippen LogP contribution in [-0.4, -0.2) is 0 Å². The summed E-state index contributed by atoms with van der Waals surface area (Å²) >= 11 is 0. The van der Waals surface area contributed by atoms with Crippen LogP contribution in [0.5, 0.6) is 0 Å². The van der Waals surface area contributed by atoms with E-state index in [0.717, 1.165) is 36.5 Å². The Balaban J connectivity index is 1.84. The van der Waals surface area contributed by atoms with Crippen molar-refractivity contribution in [1.29, 1.82) is 0 Å². The second-order valence-electron chi connectivity index (χ2n) is 6.67. The van der Waals surface area contributed by atoms with E-state index in [1.54, 1.807) is 6.07 Å². The minimum absolute atomic E-state index is 0.0586. The van der Waals surface area contributed by atoms with Crippen molar-refractivity contribution in [2.75, 3.05) is 0 Å². The lowest BCUT2D eigenvalue weighted by atomic mass is 9.80. The maximum Gasteiger partial charge on any atom is 0.174 e. The molecule has 0 aromatic heterocycles. The Bertz CT molecular complexity index is 827. The van der Waals surface area contributed by atoms with Gasteiger partial charge in [-0.3, -0.25) is 0 Å². The van der Waals surface area contributed by atoms with Gasteiger partial charge in [0.1, 0.15) is 5.82 Å². The fourth-order valence-electron chi connectivity index (χ4n) is 3.46. The van der Waals surface area contributed by atoms with Crippen molar-refractivity contribution in [2.24, 2.45) is 5.92 Å². The molecule has 0 saturated carbocycles. The molecule has 1 atom stereocenters. The summed E-state index contributed by atoms with van der Waals surface area (Å²) in [6.07, 6.45) is 6.23. The van der Waals surface area contributed by atoms with Gasteiger partial charge in [0, 0.05) is 0 Å². The number of fused-ring (bicyclic) bond motifs is 1. The van der Waals surface area contributed by atoms with Crippen molar-refractivity contribution in [2.45, 2.75) is 45.4 Å². The van der Waals surface area contributed by atoms with E-state index in [0.29, 0.717) is 5.92 Å². The normalized spacial score (nSPS) is 16.1. The molecule has 130 valence electrons. The molecule has 0 N–H and O–H groups in total. The lowest BCUT2D eigenvalue weighted by Gasteiger charge is -2.25. The van der Waals surface area contributed by atoms with Crippen molar-refractivity contribution < 1.29 is 13.2 Å². The summed E-state index contributed by atoms with van der Waals surface area (Å²) in [5.74, 6) is 3.59. The van der Waals surface area contributed by atoms with E-state index < -0.39 is 11.6 Å². The molecule has 2 aromatic carbocycles. The highest BCUT2D eigenvalue weighted by Gasteiger charge is 2.22. The van der Waals surface area contributed by atoms with Gasteiger partial charge in [0.15, 0.2) is 11.6 Å². The summed E-state index contributed by atoms with van der Waals surface area (Å²) in [4.78, 5) is 0. The number of benzene rings is 2. The monoisotopic (exact) mass is 342 g/mol. The molecule has 0 saturated heterocycles. The first-order chi connectivity index (χ1) is 12.1.